The van der Waals surface area contributed by atoms with Gasteiger partial charge in [-0.25, -0.2) is 0 Å². The van der Waals surface area contributed by atoms with E-state index in [1.165, 1.54) is 15.9 Å². The number of hydrogen-bond acceptors (Lipinski definition) is 3. The highest BCUT2D eigenvalue weighted by atomic mass is 35.5. The third kappa shape index (κ3) is 3.18. The second-order valence-electron chi connectivity index (χ2n) is 5.28. The second kappa shape index (κ2) is 6.71. The predicted octanol–water partition coefficient (Wildman–Crippen LogP) is 3.38. The molecule has 1 aliphatic rings. The van der Waals surface area contributed by atoms with Crippen LogP contribution in [0.4, 0.5) is 11.4 Å². The lowest BCUT2D eigenvalue weighted by atomic mass is 10.1. The Balaban J connectivity index is 1.78. The summed E-state index contributed by atoms with van der Waals surface area (Å²) in [4.78, 5) is 27.6. The van der Waals surface area contributed by atoms with Crippen LogP contribution in [0.15, 0.2) is 42.5 Å². The van der Waals surface area contributed by atoms with Crippen LogP contribution in [-0.2, 0) is 9.59 Å². The Bertz CT molecular complexity index is 810. The van der Waals surface area contributed by atoms with Crippen LogP contribution >= 0.6 is 23.2 Å². The molecule has 0 fully saturated rings. The highest BCUT2D eigenvalue weighted by molar-refractivity contribution is 6.35. The van der Waals surface area contributed by atoms with Crippen molar-refractivity contribution in [3.05, 3.63) is 52.5 Å². The van der Waals surface area contributed by atoms with Crippen LogP contribution in [0.25, 0.3) is 0 Å². The number of carbonyl (C=O) groups excluding carboxylic acids is 2. The number of anilines is 2. The number of hydrogen-bond donors (Lipinski definition) is 0. The van der Waals surface area contributed by atoms with Gasteiger partial charge in [0.05, 0.1) is 16.4 Å². The molecule has 0 saturated heterocycles. The van der Waals surface area contributed by atoms with Gasteiger partial charge in [-0.2, -0.15) is 0 Å². The van der Waals surface area contributed by atoms with Gasteiger partial charge >= 0.3 is 0 Å². The fourth-order valence-corrected chi connectivity index (χ4v) is 2.93. The first-order valence-corrected chi connectivity index (χ1v) is 7.97. The average Bonchev–Trinajstić information content (AvgIpc) is 2.57. The number of carbonyl (C=O) groups is 2. The van der Waals surface area contributed by atoms with Crippen molar-refractivity contribution in [1.29, 1.82) is 0 Å². The Morgan fingerprint density at radius 2 is 1.88 bits per heavy atom. The van der Waals surface area contributed by atoms with Gasteiger partial charge in [0, 0.05) is 12.1 Å². The molecule has 2 amide bonds. The van der Waals surface area contributed by atoms with E-state index in [2.05, 4.69) is 0 Å². The molecule has 0 aliphatic carbocycles. The Kier molecular flexibility index (Phi) is 4.64. The van der Waals surface area contributed by atoms with Crippen LogP contribution in [0, 0.1) is 0 Å². The summed E-state index contributed by atoms with van der Waals surface area (Å²) in [7, 11) is 1.69. The van der Waals surface area contributed by atoms with E-state index in [1.807, 2.05) is 12.1 Å². The van der Waals surface area contributed by atoms with Crippen LogP contribution in [-0.4, -0.2) is 32.0 Å². The molecule has 0 N–H and O–H groups in total. The molecule has 24 heavy (non-hydrogen) atoms. The topological polar surface area (TPSA) is 49.9 Å². The van der Waals surface area contributed by atoms with Crippen LogP contribution in [0.5, 0.6) is 5.75 Å². The van der Waals surface area contributed by atoms with Crippen molar-refractivity contribution in [2.24, 2.45) is 0 Å². The molecule has 0 bridgehead atoms. The molecule has 1 heterocycles. The largest absolute Gasteiger partial charge is 0.482 e. The average molecular weight is 365 g/mol. The summed E-state index contributed by atoms with van der Waals surface area (Å²) in [5, 5.41) is 0.808. The van der Waals surface area contributed by atoms with Crippen molar-refractivity contribution in [1.82, 2.24) is 0 Å². The maximum absolute atomic E-state index is 12.5. The molecule has 0 spiro atoms. The number of para-hydroxylation sites is 2. The van der Waals surface area contributed by atoms with Gasteiger partial charge in [0.2, 0.25) is 5.91 Å². The van der Waals surface area contributed by atoms with Gasteiger partial charge in [-0.15, -0.1) is 0 Å². The molecule has 5 nitrogen and oxygen atoms in total. The lowest BCUT2D eigenvalue weighted by Gasteiger charge is -2.34. The highest BCUT2D eigenvalue weighted by Crippen LogP contribution is 2.33. The van der Waals surface area contributed by atoms with Gasteiger partial charge in [-0.3, -0.25) is 14.5 Å². The number of nitrogens with zero attached hydrogens (tertiary/aromatic N) is 2. The van der Waals surface area contributed by atoms with Crippen molar-refractivity contribution in [3.8, 4) is 5.75 Å². The maximum Gasteiger partial charge on any atom is 0.265 e. The van der Waals surface area contributed by atoms with Gasteiger partial charge in [0.1, 0.15) is 12.3 Å². The molecule has 7 heteroatoms. The first-order valence-electron chi connectivity index (χ1n) is 7.21. The molecule has 1 aliphatic heterocycles. The predicted molar refractivity (Wildman–Crippen MR) is 94.2 cm³/mol. The van der Waals surface area contributed by atoms with Crippen LogP contribution in [0.3, 0.4) is 0 Å². The van der Waals surface area contributed by atoms with E-state index in [0.717, 1.165) is 0 Å². The van der Waals surface area contributed by atoms with E-state index in [9.17, 15) is 9.59 Å². The third-order valence-electron chi connectivity index (χ3n) is 3.75. The minimum absolute atomic E-state index is 0.0238. The van der Waals surface area contributed by atoms with E-state index in [0.29, 0.717) is 27.2 Å². The molecule has 0 atom stereocenters. The van der Waals surface area contributed by atoms with E-state index in [-0.39, 0.29) is 25.0 Å². The van der Waals surface area contributed by atoms with Gasteiger partial charge in [0.15, 0.2) is 6.61 Å². The summed E-state index contributed by atoms with van der Waals surface area (Å²) in [5.74, 6) is -0.121. The summed E-state index contributed by atoms with van der Waals surface area (Å²) in [6.07, 6.45) is 0. The number of likely N-dealkylation sites (N-methyl/N-ethyl adjacent to an activating group) is 1. The summed E-state index contributed by atoms with van der Waals surface area (Å²) < 4.78 is 5.48. The zero-order chi connectivity index (χ0) is 17.3. The van der Waals surface area contributed by atoms with Crippen molar-refractivity contribution in [2.75, 3.05) is 30.0 Å². The van der Waals surface area contributed by atoms with Crippen LogP contribution < -0.4 is 14.5 Å². The van der Waals surface area contributed by atoms with Crippen molar-refractivity contribution in [2.45, 2.75) is 0 Å². The van der Waals surface area contributed by atoms with E-state index in [4.69, 9.17) is 27.9 Å². The number of amides is 2. The quantitative estimate of drug-likeness (QED) is 0.838. The van der Waals surface area contributed by atoms with Crippen molar-refractivity contribution < 1.29 is 14.3 Å². The minimum Gasteiger partial charge on any atom is -0.482 e. The zero-order valence-electron chi connectivity index (χ0n) is 12.8. The van der Waals surface area contributed by atoms with Gasteiger partial charge < -0.3 is 9.64 Å². The molecular formula is C17H14Cl2N2O3. The van der Waals surface area contributed by atoms with Gasteiger partial charge in [0.25, 0.3) is 5.91 Å². The Hall–Kier alpha value is -2.24. The lowest BCUT2D eigenvalue weighted by molar-refractivity contribution is -0.124. The maximum atomic E-state index is 12.5. The number of benzene rings is 2. The summed E-state index contributed by atoms with van der Waals surface area (Å²) in [5.41, 5.74) is 1.36. The minimum atomic E-state index is -0.324. The summed E-state index contributed by atoms with van der Waals surface area (Å²) >= 11 is 11.9. The lowest BCUT2D eigenvalue weighted by Crippen LogP contribution is -2.48. The SMILES string of the molecule is CN1C(=O)CN(C(=O)COc2ccc(Cl)cc2Cl)c2ccccc21. The van der Waals surface area contributed by atoms with Crippen LogP contribution in [0.2, 0.25) is 10.0 Å². The molecule has 2 aromatic carbocycles. The standard InChI is InChI=1S/C17H14Cl2N2O3/c1-20-13-4-2-3-5-14(13)21(9-16(20)22)17(23)10-24-15-7-6-11(18)8-12(15)19/h2-8H,9-10H2,1H3. The monoisotopic (exact) mass is 364 g/mol. The Morgan fingerprint density at radius 1 is 1.17 bits per heavy atom. The fourth-order valence-electron chi connectivity index (χ4n) is 2.47. The molecule has 0 saturated carbocycles. The highest BCUT2D eigenvalue weighted by Gasteiger charge is 2.30. The third-order valence-corrected chi connectivity index (χ3v) is 4.28. The summed E-state index contributed by atoms with van der Waals surface area (Å²) in [6, 6.07) is 12.0. The van der Waals surface area contributed by atoms with Crippen molar-refractivity contribution in [3.63, 3.8) is 0 Å². The van der Waals surface area contributed by atoms with E-state index >= 15 is 0 Å². The Labute approximate surface area is 149 Å². The number of ether oxygens (including phenoxy) is 1. The number of halogens is 2. The van der Waals surface area contributed by atoms with Crippen molar-refractivity contribution >= 4 is 46.4 Å². The molecule has 0 unspecified atom stereocenters. The summed E-state index contributed by atoms with van der Waals surface area (Å²) in [6.45, 7) is -0.253. The van der Waals surface area contributed by atoms with Gasteiger partial charge in [-0.05, 0) is 30.3 Å². The number of fused-ring (bicyclic) bond motifs is 1. The fraction of sp³-hybridized carbons (Fsp3) is 0.176. The first kappa shape index (κ1) is 16.6. The second-order valence-corrected chi connectivity index (χ2v) is 6.13. The zero-order valence-corrected chi connectivity index (χ0v) is 14.3. The molecule has 124 valence electrons. The van der Waals surface area contributed by atoms with Gasteiger partial charge in [-0.1, -0.05) is 35.3 Å². The first-order chi connectivity index (χ1) is 11.5. The Morgan fingerprint density at radius 3 is 2.58 bits per heavy atom. The van der Waals surface area contributed by atoms with E-state index in [1.54, 1.807) is 31.3 Å². The number of rotatable bonds is 3. The normalized spacial score (nSPS) is 13.7. The molecule has 2 aromatic rings. The van der Waals surface area contributed by atoms with E-state index < -0.39 is 0 Å². The molecular weight excluding hydrogens is 351 g/mol. The molecule has 0 radical (unpaired) electrons. The molecule has 0 aromatic heterocycles. The molecule has 3 rings (SSSR count). The van der Waals surface area contributed by atoms with Crippen LogP contribution in [0.1, 0.15) is 0 Å². The smallest absolute Gasteiger partial charge is 0.265 e.